The van der Waals surface area contributed by atoms with E-state index in [0.717, 1.165) is 27.5 Å². The largest absolute Gasteiger partial charge is 0.494 e. The summed E-state index contributed by atoms with van der Waals surface area (Å²) < 4.78 is 83.0. The third-order valence-corrected chi connectivity index (χ3v) is 7.21. The number of alkyl halides is 3. The monoisotopic (exact) mass is 631 g/mol. The van der Waals surface area contributed by atoms with Gasteiger partial charge in [-0.3, -0.25) is 18.7 Å². The van der Waals surface area contributed by atoms with E-state index >= 15 is 4.39 Å². The van der Waals surface area contributed by atoms with E-state index in [4.69, 9.17) is 4.74 Å². The van der Waals surface area contributed by atoms with Crippen LogP contribution in [0.1, 0.15) is 35.6 Å². The van der Waals surface area contributed by atoms with Crippen molar-refractivity contribution in [3.63, 3.8) is 0 Å². The van der Waals surface area contributed by atoms with Crippen LogP contribution < -0.4 is 21.3 Å². The molecule has 0 saturated heterocycles. The molecule has 4 aromatic rings. The van der Waals surface area contributed by atoms with E-state index in [1.54, 1.807) is 30.3 Å². The first-order valence-electron chi connectivity index (χ1n) is 13.8. The van der Waals surface area contributed by atoms with E-state index < -0.39 is 58.7 Å². The lowest BCUT2D eigenvalue weighted by molar-refractivity contribution is -0.141. The SMILES string of the molecule is COC(=O)CCCN[C@@H](Cn1c(=O)c(-c2cccc(OC)c2F)cn(Cc2c(F)cccc2C(F)(F)F)c1=O)c1ccccc1. The van der Waals surface area contributed by atoms with Crippen LogP contribution in [0.25, 0.3) is 11.1 Å². The standard InChI is InChI=1S/C32H30F5N3O5/c1-44-27-14-6-11-21(29(27)34)22-17-39(18-23-24(32(35,36)37)12-7-13-25(23)33)31(43)40(30(22)42)19-26(20-9-4-3-5-10-20)38-16-8-15-28(41)45-2/h3-7,9-14,17,26,38H,8,15-16,18-19H2,1-2H3/t26-/m0/s1. The molecule has 45 heavy (non-hydrogen) atoms. The van der Waals surface area contributed by atoms with Crippen molar-refractivity contribution in [3.8, 4) is 16.9 Å². The second-order valence-electron chi connectivity index (χ2n) is 10.1. The highest BCUT2D eigenvalue weighted by Gasteiger charge is 2.35. The zero-order valence-electron chi connectivity index (χ0n) is 24.4. The number of carbonyl (C=O) groups excluding carboxylic acids is 1. The van der Waals surface area contributed by atoms with Crippen molar-refractivity contribution in [3.05, 3.63) is 122 Å². The Hall–Kier alpha value is -4.78. The van der Waals surface area contributed by atoms with Gasteiger partial charge in [0.25, 0.3) is 5.56 Å². The van der Waals surface area contributed by atoms with Gasteiger partial charge in [-0.05, 0) is 36.7 Å². The molecule has 238 valence electrons. The Morgan fingerprint density at radius 3 is 2.31 bits per heavy atom. The Labute approximate surface area is 254 Å². The number of carbonyl (C=O) groups is 1. The fourth-order valence-electron chi connectivity index (χ4n) is 4.91. The average molecular weight is 632 g/mol. The van der Waals surface area contributed by atoms with Crippen LogP contribution in [-0.2, 0) is 28.8 Å². The van der Waals surface area contributed by atoms with Crippen molar-refractivity contribution in [1.29, 1.82) is 0 Å². The number of halogens is 5. The van der Waals surface area contributed by atoms with Crippen molar-refractivity contribution < 1.29 is 36.2 Å². The second kappa shape index (κ2) is 14.3. The van der Waals surface area contributed by atoms with Crippen LogP contribution >= 0.6 is 0 Å². The van der Waals surface area contributed by atoms with Gasteiger partial charge in [-0.2, -0.15) is 13.2 Å². The van der Waals surface area contributed by atoms with Gasteiger partial charge in [-0.25, -0.2) is 13.6 Å². The average Bonchev–Trinajstić information content (AvgIpc) is 3.02. The lowest BCUT2D eigenvalue weighted by Crippen LogP contribution is -2.43. The Balaban J connectivity index is 1.88. The van der Waals surface area contributed by atoms with E-state index in [9.17, 15) is 31.9 Å². The molecule has 3 aromatic carbocycles. The van der Waals surface area contributed by atoms with Crippen LogP contribution in [0.4, 0.5) is 22.0 Å². The minimum Gasteiger partial charge on any atom is -0.494 e. The van der Waals surface area contributed by atoms with Crippen molar-refractivity contribution in [2.45, 2.75) is 38.1 Å². The van der Waals surface area contributed by atoms with Crippen molar-refractivity contribution in [2.24, 2.45) is 0 Å². The maximum atomic E-state index is 15.4. The zero-order valence-corrected chi connectivity index (χ0v) is 24.4. The van der Waals surface area contributed by atoms with Crippen LogP contribution in [-0.4, -0.2) is 35.9 Å². The molecule has 0 radical (unpaired) electrons. The normalized spacial score (nSPS) is 12.2. The van der Waals surface area contributed by atoms with Gasteiger partial charge in [0.1, 0.15) is 5.82 Å². The molecule has 0 spiro atoms. The molecule has 0 aliphatic heterocycles. The van der Waals surface area contributed by atoms with Gasteiger partial charge in [0.05, 0.1) is 44.5 Å². The summed E-state index contributed by atoms with van der Waals surface area (Å²) in [6.45, 7) is -0.962. The van der Waals surface area contributed by atoms with Gasteiger partial charge in [0.15, 0.2) is 11.6 Å². The third-order valence-electron chi connectivity index (χ3n) is 7.21. The molecule has 8 nitrogen and oxygen atoms in total. The Bertz CT molecular complexity index is 1770. The molecule has 0 fully saturated rings. The first kappa shape index (κ1) is 33.1. The first-order chi connectivity index (χ1) is 21.5. The maximum absolute atomic E-state index is 15.4. The van der Waals surface area contributed by atoms with Crippen molar-refractivity contribution in [2.75, 3.05) is 20.8 Å². The Kier molecular flexibility index (Phi) is 10.6. The van der Waals surface area contributed by atoms with Crippen LogP contribution in [0, 0.1) is 11.6 Å². The molecule has 0 unspecified atom stereocenters. The van der Waals surface area contributed by atoms with Gasteiger partial charge >= 0.3 is 17.8 Å². The molecule has 1 heterocycles. The fraction of sp³-hybridized carbons (Fsp3) is 0.281. The molecule has 1 N–H and O–H groups in total. The lowest BCUT2D eigenvalue weighted by Gasteiger charge is -2.22. The van der Waals surface area contributed by atoms with Crippen molar-refractivity contribution >= 4 is 5.97 Å². The smallest absolute Gasteiger partial charge is 0.416 e. The number of aromatic nitrogens is 2. The molecule has 0 amide bonds. The summed E-state index contributed by atoms with van der Waals surface area (Å²) >= 11 is 0. The predicted octanol–water partition coefficient (Wildman–Crippen LogP) is 5.32. The van der Waals surface area contributed by atoms with Crippen LogP contribution in [0.2, 0.25) is 0 Å². The first-order valence-corrected chi connectivity index (χ1v) is 13.8. The molecule has 0 aliphatic carbocycles. The number of nitrogens with zero attached hydrogens (tertiary/aromatic N) is 2. The van der Waals surface area contributed by atoms with E-state index in [0.29, 0.717) is 18.1 Å². The summed E-state index contributed by atoms with van der Waals surface area (Å²) in [6.07, 6.45) is -3.55. The summed E-state index contributed by atoms with van der Waals surface area (Å²) in [5.41, 5.74) is -4.06. The quantitative estimate of drug-likeness (QED) is 0.129. The minimum atomic E-state index is -4.94. The van der Waals surface area contributed by atoms with Crippen LogP contribution in [0.15, 0.2) is 82.5 Å². The summed E-state index contributed by atoms with van der Waals surface area (Å²) in [7, 11) is 2.48. The molecule has 4 rings (SSSR count). The summed E-state index contributed by atoms with van der Waals surface area (Å²) in [6, 6.07) is 14.4. The van der Waals surface area contributed by atoms with Gasteiger partial charge in [0.2, 0.25) is 0 Å². The van der Waals surface area contributed by atoms with E-state index in [-0.39, 0.29) is 36.4 Å². The van der Waals surface area contributed by atoms with Gasteiger partial charge in [-0.15, -0.1) is 0 Å². The Morgan fingerprint density at radius 1 is 0.933 bits per heavy atom. The molecule has 13 heteroatoms. The highest BCUT2D eigenvalue weighted by molar-refractivity contribution is 5.69. The van der Waals surface area contributed by atoms with Crippen LogP contribution in [0.3, 0.4) is 0 Å². The lowest BCUT2D eigenvalue weighted by atomic mass is 10.0. The zero-order chi connectivity index (χ0) is 32.7. The fourth-order valence-corrected chi connectivity index (χ4v) is 4.91. The number of nitrogens with one attached hydrogen (secondary N) is 1. The minimum absolute atomic E-state index is 0.104. The Morgan fingerprint density at radius 2 is 1.64 bits per heavy atom. The highest BCUT2D eigenvalue weighted by Crippen LogP contribution is 2.33. The van der Waals surface area contributed by atoms with Crippen LogP contribution in [0.5, 0.6) is 5.75 Å². The van der Waals surface area contributed by atoms with E-state index in [1.807, 2.05) is 0 Å². The number of hydrogen-bond acceptors (Lipinski definition) is 6. The maximum Gasteiger partial charge on any atom is 0.416 e. The van der Waals surface area contributed by atoms with Gasteiger partial charge < -0.3 is 14.8 Å². The number of rotatable bonds is 12. The van der Waals surface area contributed by atoms with E-state index in [1.165, 1.54) is 32.4 Å². The van der Waals surface area contributed by atoms with Gasteiger partial charge in [-0.1, -0.05) is 48.5 Å². The molecule has 0 bridgehead atoms. The predicted molar refractivity (Wildman–Crippen MR) is 156 cm³/mol. The number of ether oxygens (including phenoxy) is 2. The summed E-state index contributed by atoms with van der Waals surface area (Å²) in [5.74, 6) is -2.78. The van der Waals surface area contributed by atoms with Gasteiger partial charge in [0, 0.05) is 23.7 Å². The third kappa shape index (κ3) is 7.66. The summed E-state index contributed by atoms with van der Waals surface area (Å²) in [4.78, 5) is 39.2. The number of esters is 1. The molecule has 0 saturated carbocycles. The second-order valence-corrected chi connectivity index (χ2v) is 10.1. The molecule has 1 aromatic heterocycles. The molecule has 1 atom stereocenters. The van der Waals surface area contributed by atoms with Crippen molar-refractivity contribution in [1.82, 2.24) is 14.5 Å². The summed E-state index contributed by atoms with van der Waals surface area (Å²) in [5, 5.41) is 3.20. The van der Waals surface area contributed by atoms with E-state index in [2.05, 4.69) is 10.1 Å². The number of benzene rings is 3. The molecular weight excluding hydrogens is 601 g/mol. The molecular formula is C32H30F5N3O5. The number of hydrogen-bond donors (Lipinski definition) is 1. The topological polar surface area (TPSA) is 91.6 Å². The highest BCUT2D eigenvalue weighted by atomic mass is 19.4. The molecule has 0 aliphatic rings. The number of methoxy groups -OCH3 is 2.